The fraction of sp³-hybridized carbons (Fsp3) is 1.00. The van der Waals surface area contributed by atoms with Crippen molar-refractivity contribution in [2.45, 2.75) is 64.3 Å². The Kier molecular flexibility index (Phi) is 10.3. The number of nitrogens with zero attached hydrogens (tertiary/aromatic N) is 1. The van der Waals surface area contributed by atoms with Gasteiger partial charge in [0.25, 0.3) is 0 Å². The molecule has 0 spiro atoms. The van der Waals surface area contributed by atoms with Crippen molar-refractivity contribution in [3.63, 3.8) is 0 Å². The largest absolute Gasteiger partial charge is 0.380 e. The summed E-state index contributed by atoms with van der Waals surface area (Å²) < 4.78 is 11.2. The molecule has 0 saturated heterocycles. The van der Waals surface area contributed by atoms with Crippen LogP contribution in [0.15, 0.2) is 0 Å². The highest BCUT2D eigenvalue weighted by molar-refractivity contribution is 4.92. The van der Waals surface area contributed by atoms with E-state index in [4.69, 9.17) is 15.2 Å². The number of hydrogen-bond acceptors (Lipinski definition) is 4. The van der Waals surface area contributed by atoms with Crippen molar-refractivity contribution in [1.29, 1.82) is 0 Å². The van der Waals surface area contributed by atoms with E-state index in [9.17, 15) is 0 Å². The van der Waals surface area contributed by atoms with Gasteiger partial charge in [0.1, 0.15) is 0 Å². The topological polar surface area (TPSA) is 47.7 Å². The first kappa shape index (κ1) is 18.9. The molecule has 21 heavy (non-hydrogen) atoms. The summed E-state index contributed by atoms with van der Waals surface area (Å²) in [4.78, 5) is 2.56. The van der Waals surface area contributed by atoms with Gasteiger partial charge < -0.3 is 15.2 Å². The Bertz CT molecular complexity index is 231. The maximum Gasteiger partial charge on any atom is 0.0593 e. The molecule has 1 fully saturated rings. The minimum absolute atomic E-state index is 0.161. The zero-order valence-electron chi connectivity index (χ0n) is 14.2. The minimum atomic E-state index is 0.161. The highest BCUT2D eigenvalue weighted by Crippen LogP contribution is 2.31. The van der Waals surface area contributed by atoms with E-state index < -0.39 is 0 Å². The molecule has 0 atom stereocenters. The van der Waals surface area contributed by atoms with Gasteiger partial charge in [0.05, 0.1) is 13.2 Å². The van der Waals surface area contributed by atoms with Crippen LogP contribution >= 0.6 is 0 Å². The molecule has 0 bridgehead atoms. The summed E-state index contributed by atoms with van der Waals surface area (Å²) >= 11 is 0. The second-order valence-corrected chi connectivity index (χ2v) is 6.08. The summed E-state index contributed by atoms with van der Waals surface area (Å²) in [6.45, 7) is 9.97. The van der Waals surface area contributed by atoms with Crippen molar-refractivity contribution in [1.82, 2.24) is 4.90 Å². The van der Waals surface area contributed by atoms with E-state index in [0.717, 1.165) is 46.1 Å². The van der Waals surface area contributed by atoms with Gasteiger partial charge in [0.2, 0.25) is 0 Å². The molecule has 2 N–H and O–H groups in total. The lowest BCUT2D eigenvalue weighted by molar-refractivity contribution is 0.00968. The summed E-state index contributed by atoms with van der Waals surface area (Å²) in [5.41, 5.74) is 6.41. The summed E-state index contributed by atoms with van der Waals surface area (Å²) in [5, 5.41) is 0. The molecule has 1 aliphatic rings. The van der Waals surface area contributed by atoms with E-state index in [1.54, 1.807) is 0 Å². The van der Waals surface area contributed by atoms with E-state index in [1.165, 1.54) is 44.9 Å². The van der Waals surface area contributed by atoms with Gasteiger partial charge in [-0.1, -0.05) is 32.1 Å². The van der Waals surface area contributed by atoms with Gasteiger partial charge in [0.15, 0.2) is 0 Å². The Labute approximate surface area is 131 Å². The molecule has 1 aliphatic carbocycles. The van der Waals surface area contributed by atoms with Gasteiger partial charge in [-0.2, -0.15) is 0 Å². The normalized spacial score (nSPS) is 19.4. The van der Waals surface area contributed by atoms with Crippen LogP contribution in [0.4, 0.5) is 0 Å². The lowest BCUT2D eigenvalue weighted by Crippen LogP contribution is -2.56. The van der Waals surface area contributed by atoms with Crippen LogP contribution in [0.25, 0.3) is 0 Å². The lowest BCUT2D eigenvalue weighted by atomic mass is 9.82. The summed E-state index contributed by atoms with van der Waals surface area (Å²) in [5.74, 6) is 0. The van der Waals surface area contributed by atoms with Gasteiger partial charge in [0, 0.05) is 38.4 Å². The van der Waals surface area contributed by atoms with E-state index in [2.05, 4.69) is 18.7 Å². The van der Waals surface area contributed by atoms with E-state index in [0.29, 0.717) is 0 Å². The van der Waals surface area contributed by atoms with Crippen molar-refractivity contribution in [2.24, 2.45) is 5.73 Å². The first-order valence-corrected chi connectivity index (χ1v) is 8.89. The zero-order chi connectivity index (χ0) is 15.4. The van der Waals surface area contributed by atoms with Crippen LogP contribution in [0.5, 0.6) is 0 Å². The first-order valence-electron chi connectivity index (χ1n) is 8.89. The molecule has 0 aliphatic heterocycles. The van der Waals surface area contributed by atoms with Crippen LogP contribution in [0, 0.1) is 0 Å². The molecule has 0 amide bonds. The molecule has 4 heteroatoms. The Morgan fingerprint density at radius 1 is 0.857 bits per heavy atom. The van der Waals surface area contributed by atoms with E-state index in [-0.39, 0.29) is 5.54 Å². The van der Waals surface area contributed by atoms with Gasteiger partial charge >= 0.3 is 0 Å². The van der Waals surface area contributed by atoms with Gasteiger partial charge in [-0.3, -0.25) is 4.90 Å². The average molecular weight is 300 g/mol. The molecular weight excluding hydrogens is 264 g/mol. The maximum atomic E-state index is 6.24. The second kappa shape index (κ2) is 11.4. The molecule has 1 rings (SSSR count). The van der Waals surface area contributed by atoms with Gasteiger partial charge in [-0.15, -0.1) is 0 Å². The van der Waals surface area contributed by atoms with Crippen LogP contribution in [-0.2, 0) is 9.47 Å². The van der Waals surface area contributed by atoms with Crippen molar-refractivity contribution in [2.75, 3.05) is 46.1 Å². The predicted octanol–water partition coefficient (Wildman–Crippen LogP) is 2.80. The monoisotopic (exact) mass is 300 g/mol. The standard InChI is InChI=1S/C17H36N2O2/c1-3-20-14-12-19(13-15-21-4-2)17(16-18)10-8-6-5-7-9-11-17/h3-16,18H2,1-2H3. The van der Waals surface area contributed by atoms with Crippen LogP contribution in [0.1, 0.15) is 58.8 Å². The molecule has 1 saturated carbocycles. The number of hydrogen-bond donors (Lipinski definition) is 1. The predicted molar refractivity (Wildman–Crippen MR) is 88.7 cm³/mol. The Morgan fingerprint density at radius 2 is 1.33 bits per heavy atom. The Hall–Kier alpha value is -0.160. The highest BCUT2D eigenvalue weighted by Gasteiger charge is 2.34. The molecule has 0 heterocycles. The number of nitrogens with two attached hydrogens (primary N) is 1. The molecular formula is C17H36N2O2. The van der Waals surface area contributed by atoms with Crippen molar-refractivity contribution >= 4 is 0 Å². The molecule has 0 radical (unpaired) electrons. The molecule has 0 aromatic rings. The smallest absolute Gasteiger partial charge is 0.0593 e. The van der Waals surface area contributed by atoms with Gasteiger partial charge in [-0.05, 0) is 26.7 Å². The Morgan fingerprint density at radius 3 is 1.76 bits per heavy atom. The zero-order valence-corrected chi connectivity index (χ0v) is 14.2. The first-order chi connectivity index (χ1) is 10.3. The summed E-state index contributed by atoms with van der Waals surface area (Å²) in [7, 11) is 0. The van der Waals surface area contributed by atoms with Crippen LogP contribution in [0.2, 0.25) is 0 Å². The molecule has 0 aromatic carbocycles. The van der Waals surface area contributed by atoms with Crippen LogP contribution in [0.3, 0.4) is 0 Å². The second-order valence-electron chi connectivity index (χ2n) is 6.08. The quantitative estimate of drug-likeness (QED) is 0.630. The summed E-state index contributed by atoms with van der Waals surface area (Å²) in [6.07, 6.45) is 9.15. The fourth-order valence-electron chi connectivity index (χ4n) is 3.44. The minimum Gasteiger partial charge on any atom is -0.380 e. The Balaban J connectivity index is 2.66. The van der Waals surface area contributed by atoms with Crippen LogP contribution < -0.4 is 5.73 Å². The third kappa shape index (κ3) is 6.64. The summed E-state index contributed by atoms with van der Waals surface area (Å²) in [6, 6.07) is 0. The van der Waals surface area contributed by atoms with Crippen LogP contribution in [-0.4, -0.2) is 56.5 Å². The number of rotatable bonds is 10. The van der Waals surface area contributed by atoms with Crippen molar-refractivity contribution in [3.8, 4) is 0 Å². The SMILES string of the molecule is CCOCCN(CCOCC)C1(CN)CCCCCCC1. The van der Waals surface area contributed by atoms with Crippen molar-refractivity contribution < 1.29 is 9.47 Å². The fourth-order valence-corrected chi connectivity index (χ4v) is 3.44. The lowest BCUT2D eigenvalue weighted by Gasteiger charge is -2.45. The molecule has 0 unspecified atom stereocenters. The average Bonchev–Trinajstić information content (AvgIpc) is 2.47. The maximum absolute atomic E-state index is 6.24. The van der Waals surface area contributed by atoms with E-state index in [1.807, 2.05) is 0 Å². The third-order valence-electron chi connectivity index (χ3n) is 4.75. The molecule has 126 valence electrons. The van der Waals surface area contributed by atoms with Gasteiger partial charge in [-0.25, -0.2) is 0 Å². The molecule has 0 aromatic heterocycles. The molecule has 4 nitrogen and oxygen atoms in total. The third-order valence-corrected chi connectivity index (χ3v) is 4.75. The highest BCUT2D eigenvalue weighted by atomic mass is 16.5. The van der Waals surface area contributed by atoms with Crippen molar-refractivity contribution in [3.05, 3.63) is 0 Å². The van der Waals surface area contributed by atoms with E-state index >= 15 is 0 Å². The number of ether oxygens (including phenoxy) is 2.